The Morgan fingerprint density at radius 3 is 2.36 bits per heavy atom. The molecule has 3 rings (SSSR count). The molecule has 0 radical (unpaired) electrons. The van der Waals surface area contributed by atoms with Crippen molar-refractivity contribution >= 4 is 33.4 Å². The zero-order valence-corrected chi connectivity index (χ0v) is 16.8. The van der Waals surface area contributed by atoms with Gasteiger partial charge in [0.25, 0.3) is 11.8 Å². The van der Waals surface area contributed by atoms with E-state index < -0.39 is 0 Å². The van der Waals surface area contributed by atoms with Gasteiger partial charge in [0.1, 0.15) is 5.75 Å². The van der Waals surface area contributed by atoms with Crippen LogP contribution < -0.4 is 15.4 Å². The molecule has 0 unspecified atom stereocenters. The molecule has 0 spiro atoms. The summed E-state index contributed by atoms with van der Waals surface area (Å²) >= 11 is 3.36. The Bertz CT molecular complexity index is 990. The van der Waals surface area contributed by atoms with Gasteiger partial charge in [0.2, 0.25) is 0 Å². The minimum Gasteiger partial charge on any atom is -0.496 e. The van der Waals surface area contributed by atoms with E-state index in [2.05, 4.69) is 26.6 Å². The lowest BCUT2D eigenvalue weighted by atomic mass is 10.1. The van der Waals surface area contributed by atoms with E-state index in [1.165, 1.54) is 7.11 Å². The van der Waals surface area contributed by atoms with Gasteiger partial charge in [0.15, 0.2) is 0 Å². The molecule has 0 saturated carbocycles. The van der Waals surface area contributed by atoms with Gasteiger partial charge in [-0.1, -0.05) is 58.4 Å². The van der Waals surface area contributed by atoms with Crippen molar-refractivity contribution in [3.8, 4) is 5.75 Å². The average Bonchev–Trinajstić information content (AvgIpc) is 2.73. The third-order valence-corrected chi connectivity index (χ3v) is 4.62. The number of nitrogens with one attached hydrogen (secondary N) is 2. The number of amides is 2. The largest absolute Gasteiger partial charge is 0.496 e. The van der Waals surface area contributed by atoms with Crippen LogP contribution in [0.2, 0.25) is 0 Å². The Balaban J connectivity index is 1.77. The van der Waals surface area contributed by atoms with Gasteiger partial charge in [-0.25, -0.2) is 0 Å². The number of rotatable bonds is 6. The summed E-state index contributed by atoms with van der Waals surface area (Å²) in [6.07, 6.45) is 0. The number of methoxy groups -OCH3 is 1. The number of hydrogen-bond acceptors (Lipinski definition) is 3. The van der Waals surface area contributed by atoms with Crippen LogP contribution in [-0.4, -0.2) is 18.9 Å². The van der Waals surface area contributed by atoms with Crippen molar-refractivity contribution in [2.24, 2.45) is 0 Å². The summed E-state index contributed by atoms with van der Waals surface area (Å²) in [6.45, 7) is 0.404. The minimum absolute atomic E-state index is 0.263. The van der Waals surface area contributed by atoms with E-state index in [9.17, 15) is 9.59 Å². The second-order valence-corrected chi connectivity index (χ2v) is 6.93. The van der Waals surface area contributed by atoms with Crippen molar-refractivity contribution in [2.45, 2.75) is 6.54 Å². The summed E-state index contributed by atoms with van der Waals surface area (Å²) in [5.41, 5.74) is 2.19. The first-order chi connectivity index (χ1) is 13.6. The third kappa shape index (κ3) is 4.78. The fraction of sp³-hybridized carbons (Fsp3) is 0.0909. The molecule has 0 aliphatic rings. The summed E-state index contributed by atoms with van der Waals surface area (Å²) in [5, 5.41) is 5.69. The molecule has 0 aromatic heterocycles. The number of carbonyl (C=O) groups excluding carboxylic acids is 2. The average molecular weight is 439 g/mol. The first kappa shape index (κ1) is 19.6. The highest BCUT2D eigenvalue weighted by Crippen LogP contribution is 2.25. The maximum Gasteiger partial charge on any atom is 0.259 e. The van der Waals surface area contributed by atoms with E-state index in [0.29, 0.717) is 29.1 Å². The predicted octanol–water partition coefficient (Wildman–Crippen LogP) is 4.64. The van der Waals surface area contributed by atoms with Crippen LogP contribution in [0.1, 0.15) is 26.3 Å². The second kappa shape index (κ2) is 9.19. The Labute approximate surface area is 171 Å². The van der Waals surface area contributed by atoms with E-state index in [-0.39, 0.29) is 11.8 Å². The molecule has 0 aliphatic carbocycles. The number of anilines is 1. The van der Waals surface area contributed by atoms with Gasteiger partial charge in [-0.15, -0.1) is 0 Å². The molecule has 0 saturated heterocycles. The molecule has 6 heteroatoms. The zero-order valence-electron chi connectivity index (χ0n) is 15.2. The number of hydrogen-bond donors (Lipinski definition) is 2. The molecule has 2 amide bonds. The normalized spacial score (nSPS) is 10.2. The van der Waals surface area contributed by atoms with E-state index >= 15 is 0 Å². The Morgan fingerprint density at radius 1 is 0.893 bits per heavy atom. The van der Waals surface area contributed by atoms with Gasteiger partial charge in [0, 0.05) is 11.0 Å². The van der Waals surface area contributed by atoms with Gasteiger partial charge in [-0.3, -0.25) is 9.59 Å². The van der Waals surface area contributed by atoms with E-state index in [1.54, 1.807) is 42.5 Å². The fourth-order valence-electron chi connectivity index (χ4n) is 2.71. The van der Waals surface area contributed by atoms with Crippen molar-refractivity contribution in [1.29, 1.82) is 0 Å². The summed E-state index contributed by atoms with van der Waals surface area (Å²) in [7, 11) is 1.50. The number of benzene rings is 3. The lowest BCUT2D eigenvalue weighted by Gasteiger charge is -2.13. The van der Waals surface area contributed by atoms with Gasteiger partial charge in [0.05, 0.1) is 23.9 Å². The smallest absolute Gasteiger partial charge is 0.259 e. The van der Waals surface area contributed by atoms with Crippen LogP contribution in [0.25, 0.3) is 0 Å². The van der Waals surface area contributed by atoms with Crippen LogP contribution >= 0.6 is 15.9 Å². The number of halogens is 1. The molecule has 0 atom stereocenters. The summed E-state index contributed by atoms with van der Waals surface area (Å²) < 4.78 is 6.02. The lowest BCUT2D eigenvalue weighted by molar-refractivity contribution is 0.0952. The number of carbonyl (C=O) groups is 2. The van der Waals surface area contributed by atoms with Crippen LogP contribution in [0.4, 0.5) is 5.69 Å². The molecule has 0 heterocycles. The molecule has 3 aromatic rings. The van der Waals surface area contributed by atoms with Crippen LogP contribution in [0.3, 0.4) is 0 Å². The summed E-state index contributed by atoms with van der Waals surface area (Å²) in [6, 6.07) is 21.7. The van der Waals surface area contributed by atoms with E-state index in [1.807, 2.05) is 30.3 Å². The monoisotopic (exact) mass is 438 g/mol. The van der Waals surface area contributed by atoms with Gasteiger partial charge >= 0.3 is 0 Å². The standard InChI is InChI=1S/C22H19BrN2O3/c1-28-20-12-11-16(23)13-18(20)22(27)25-19-10-6-5-9-17(19)21(26)24-14-15-7-3-2-4-8-15/h2-13H,14H2,1H3,(H,24,26)(H,25,27). The van der Waals surface area contributed by atoms with Crippen LogP contribution in [0, 0.1) is 0 Å². The quantitative estimate of drug-likeness (QED) is 0.588. The maximum absolute atomic E-state index is 12.8. The predicted molar refractivity (Wildman–Crippen MR) is 113 cm³/mol. The van der Waals surface area contributed by atoms with Crippen molar-refractivity contribution in [1.82, 2.24) is 5.32 Å². The van der Waals surface area contributed by atoms with E-state index in [4.69, 9.17) is 4.74 Å². The fourth-order valence-corrected chi connectivity index (χ4v) is 3.07. The van der Waals surface area contributed by atoms with Crippen LogP contribution in [-0.2, 0) is 6.54 Å². The Kier molecular flexibility index (Phi) is 6.45. The van der Waals surface area contributed by atoms with Crippen molar-refractivity contribution < 1.29 is 14.3 Å². The molecule has 28 heavy (non-hydrogen) atoms. The van der Waals surface area contributed by atoms with Crippen LogP contribution in [0.5, 0.6) is 5.75 Å². The highest BCUT2D eigenvalue weighted by molar-refractivity contribution is 9.10. The molecule has 5 nitrogen and oxygen atoms in total. The van der Waals surface area contributed by atoms with Crippen molar-refractivity contribution in [3.05, 3.63) is 94.0 Å². The van der Waals surface area contributed by atoms with Crippen LogP contribution in [0.15, 0.2) is 77.3 Å². The SMILES string of the molecule is COc1ccc(Br)cc1C(=O)Nc1ccccc1C(=O)NCc1ccccc1. The topological polar surface area (TPSA) is 67.4 Å². The second-order valence-electron chi connectivity index (χ2n) is 6.01. The first-order valence-corrected chi connectivity index (χ1v) is 9.44. The third-order valence-electron chi connectivity index (χ3n) is 4.12. The molecular weight excluding hydrogens is 420 g/mol. The van der Waals surface area contributed by atoms with Crippen molar-refractivity contribution in [3.63, 3.8) is 0 Å². The Morgan fingerprint density at radius 2 is 1.61 bits per heavy atom. The summed E-state index contributed by atoms with van der Waals surface area (Å²) in [4.78, 5) is 25.4. The van der Waals surface area contributed by atoms with E-state index in [0.717, 1.165) is 10.0 Å². The van der Waals surface area contributed by atoms with Gasteiger partial charge in [-0.05, 0) is 35.9 Å². The summed E-state index contributed by atoms with van der Waals surface area (Å²) in [5.74, 6) is -0.172. The molecular formula is C22H19BrN2O3. The molecule has 142 valence electrons. The zero-order chi connectivity index (χ0) is 19.9. The maximum atomic E-state index is 12.8. The van der Waals surface area contributed by atoms with Gasteiger partial charge < -0.3 is 15.4 Å². The molecule has 0 aliphatic heterocycles. The first-order valence-electron chi connectivity index (χ1n) is 8.64. The number of ether oxygens (including phenoxy) is 1. The van der Waals surface area contributed by atoms with Crippen molar-refractivity contribution in [2.75, 3.05) is 12.4 Å². The molecule has 2 N–H and O–H groups in total. The molecule has 0 bridgehead atoms. The molecule has 0 fully saturated rings. The van der Waals surface area contributed by atoms with Gasteiger partial charge in [-0.2, -0.15) is 0 Å². The highest BCUT2D eigenvalue weighted by atomic mass is 79.9. The molecule has 3 aromatic carbocycles. The minimum atomic E-state index is -0.360. The highest BCUT2D eigenvalue weighted by Gasteiger charge is 2.17. The number of para-hydroxylation sites is 1. The lowest BCUT2D eigenvalue weighted by Crippen LogP contribution is -2.25. The Hall–Kier alpha value is -3.12.